The molecule has 15 heavy (non-hydrogen) atoms. The zero-order valence-electron chi connectivity index (χ0n) is 8.52. The van der Waals surface area contributed by atoms with Crippen molar-refractivity contribution in [2.45, 2.75) is 18.1 Å². The standard InChI is InChI=1S/C6H15N3O6/c1-7-4(10,11)8(2)6(14,15)9(3)5(7,12)13/h10-15H,1-3H3. The molecule has 0 bridgehead atoms. The highest BCUT2D eigenvalue weighted by atomic mass is 16.7. The van der Waals surface area contributed by atoms with E-state index in [2.05, 4.69) is 0 Å². The Morgan fingerprint density at radius 1 is 0.533 bits per heavy atom. The molecule has 9 nitrogen and oxygen atoms in total. The number of hydrogen-bond acceptors (Lipinski definition) is 9. The molecule has 1 saturated heterocycles. The lowest BCUT2D eigenvalue weighted by Gasteiger charge is -2.58. The van der Waals surface area contributed by atoms with E-state index in [0.717, 1.165) is 21.1 Å². The van der Waals surface area contributed by atoms with E-state index in [4.69, 9.17) is 0 Å². The van der Waals surface area contributed by atoms with Crippen LogP contribution in [0.15, 0.2) is 0 Å². The molecule has 0 aromatic carbocycles. The minimum absolute atomic E-state index is 0.324. The number of nitrogens with zero attached hydrogens (tertiary/aromatic N) is 3. The van der Waals surface area contributed by atoms with Gasteiger partial charge >= 0.3 is 18.1 Å². The van der Waals surface area contributed by atoms with E-state index in [-0.39, 0.29) is 0 Å². The number of hydrogen-bond donors (Lipinski definition) is 6. The lowest BCUT2D eigenvalue weighted by atomic mass is 10.4. The van der Waals surface area contributed by atoms with Crippen molar-refractivity contribution in [1.29, 1.82) is 0 Å². The summed E-state index contributed by atoms with van der Waals surface area (Å²) in [4.78, 5) is 0.972. The first-order valence-corrected chi connectivity index (χ1v) is 4.02. The van der Waals surface area contributed by atoms with Crippen LogP contribution in [0.1, 0.15) is 0 Å². The Morgan fingerprint density at radius 3 is 0.800 bits per heavy atom. The topological polar surface area (TPSA) is 131 Å². The van der Waals surface area contributed by atoms with Crippen molar-refractivity contribution in [3.63, 3.8) is 0 Å². The first-order valence-electron chi connectivity index (χ1n) is 4.02. The van der Waals surface area contributed by atoms with Crippen LogP contribution >= 0.6 is 0 Å². The summed E-state index contributed by atoms with van der Waals surface area (Å²) in [5.41, 5.74) is 0. The Bertz CT molecular complexity index is 207. The highest BCUT2D eigenvalue weighted by Gasteiger charge is 2.64. The monoisotopic (exact) mass is 225 g/mol. The molecule has 6 N–H and O–H groups in total. The van der Waals surface area contributed by atoms with Gasteiger partial charge in [-0.15, -0.1) is 0 Å². The highest BCUT2D eigenvalue weighted by Crippen LogP contribution is 2.34. The van der Waals surface area contributed by atoms with Gasteiger partial charge in [0.05, 0.1) is 0 Å². The largest absolute Gasteiger partial charge is 0.340 e. The van der Waals surface area contributed by atoms with Crippen LogP contribution in [-0.4, -0.2) is 84.6 Å². The second-order valence-corrected chi connectivity index (χ2v) is 3.48. The van der Waals surface area contributed by atoms with E-state index < -0.39 is 18.1 Å². The summed E-state index contributed by atoms with van der Waals surface area (Å²) >= 11 is 0. The van der Waals surface area contributed by atoms with Crippen molar-refractivity contribution in [3.8, 4) is 0 Å². The van der Waals surface area contributed by atoms with E-state index in [9.17, 15) is 30.6 Å². The summed E-state index contributed by atoms with van der Waals surface area (Å²) in [6, 6.07) is -8.79. The molecule has 0 spiro atoms. The molecule has 0 atom stereocenters. The number of rotatable bonds is 0. The molecule has 0 saturated carbocycles. The van der Waals surface area contributed by atoms with Crippen LogP contribution in [0.3, 0.4) is 0 Å². The maximum atomic E-state index is 9.44. The van der Waals surface area contributed by atoms with Gasteiger partial charge < -0.3 is 30.6 Å². The zero-order valence-corrected chi connectivity index (χ0v) is 8.52. The van der Waals surface area contributed by atoms with Gasteiger partial charge in [-0.2, -0.15) is 14.7 Å². The lowest BCUT2D eigenvalue weighted by molar-refractivity contribution is -0.578. The van der Waals surface area contributed by atoms with Crippen LogP contribution in [0.5, 0.6) is 0 Å². The number of aliphatic hydroxyl groups is 6. The fourth-order valence-corrected chi connectivity index (χ4v) is 1.28. The summed E-state index contributed by atoms with van der Waals surface area (Å²) in [6.45, 7) is 0. The summed E-state index contributed by atoms with van der Waals surface area (Å²) in [5, 5.41) is 56.6. The van der Waals surface area contributed by atoms with Gasteiger partial charge in [0.1, 0.15) is 0 Å². The third kappa shape index (κ3) is 1.45. The second kappa shape index (κ2) is 3.07. The molecule has 1 aliphatic heterocycles. The van der Waals surface area contributed by atoms with Crippen molar-refractivity contribution in [2.24, 2.45) is 0 Å². The quantitative estimate of drug-likeness (QED) is 0.226. The zero-order chi connectivity index (χ0) is 12.2. The van der Waals surface area contributed by atoms with Gasteiger partial charge in [0, 0.05) is 0 Å². The Labute approximate surface area is 85.6 Å². The maximum Gasteiger partial charge on any atom is 0.302 e. The molecular formula is C6H15N3O6. The Morgan fingerprint density at radius 2 is 0.667 bits per heavy atom. The second-order valence-electron chi connectivity index (χ2n) is 3.48. The minimum Gasteiger partial charge on any atom is -0.340 e. The third-order valence-electron chi connectivity index (χ3n) is 2.70. The Balaban J connectivity index is 3.24. The molecule has 0 radical (unpaired) electrons. The van der Waals surface area contributed by atoms with Crippen molar-refractivity contribution >= 4 is 0 Å². The van der Waals surface area contributed by atoms with Crippen molar-refractivity contribution in [2.75, 3.05) is 21.1 Å². The van der Waals surface area contributed by atoms with Crippen LogP contribution < -0.4 is 0 Å². The molecule has 90 valence electrons. The summed E-state index contributed by atoms with van der Waals surface area (Å²) in [7, 11) is 2.92. The van der Waals surface area contributed by atoms with Crippen LogP contribution in [-0.2, 0) is 0 Å². The fraction of sp³-hybridized carbons (Fsp3) is 1.00. The van der Waals surface area contributed by atoms with Crippen LogP contribution in [0.2, 0.25) is 0 Å². The molecular weight excluding hydrogens is 210 g/mol. The Hall–Kier alpha value is -0.360. The highest BCUT2D eigenvalue weighted by molar-refractivity contribution is 4.83. The fourth-order valence-electron chi connectivity index (χ4n) is 1.28. The molecule has 1 heterocycles. The maximum absolute atomic E-state index is 9.44. The summed E-state index contributed by atoms with van der Waals surface area (Å²) in [5.74, 6) is 0. The molecule has 0 aliphatic carbocycles. The molecule has 9 heteroatoms. The van der Waals surface area contributed by atoms with Crippen molar-refractivity contribution in [3.05, 3.63) is 0 Å². The van der Waals surface area contributed by atoms with Gasteiger partial charge in [-0.05, 0) is 21.1 Å². The Kier molecular flexibility index (Phi) is 2.60. The molecule has 0 aromatic rings. The first-order chi connectivity index (χ1) is 6.46. The molecule has 1 rings (SSSR count). The van der Waals surface area contributed by atoms with Gasteiger partial charge in [0.15, 0.2) is 0 Å². The molecule has 0 aromatic heterocycles. The first kappa shape index (κ1) is 12.7. The molecule has 0 amide bonds. The lowest BCUT2D eigenvalue weighted by Crippen LogP contribution is -2.85. The van der Waals surface area contributed by atoms with Crippen molar-refractivity contribution in [1.82, 2.24) is 14.7 Å². The predicted molar refractivity (Wildman–Crippen MR) is 44.8 cm³/mol. The van der Waals surface area contributed by atoms with E-state index in [0.29, 0.717) is 14.7 Å². The average molecular weight is 225 g/mol. The van der Waals surface area contributed by atoms with E-state index in [1.54, 1.807) is 0 Å². The normalized spacial score (nSPS) is 31.8. The van der Waals surface area contributed by atoms with Gasteiger partial charge in [-0.3, -0.25) is 0 Å². The van der Waals surface area contributed by atoms with Gasteiger partial charge in [-0.1, -0.05) is 0 Å². The predicted octanol–water partition coefficient (Wildman–Crippen LogP) is -4.42. The van der Waals surface area contributed by atoms with Gasteiger partial charge in [0.2, 0.25) is 0 Å². The molecule has 1 fully saturated rings. The van der Waals surface area contributed by atoms with E-state index in [1.807, 2.05) is 0 Å². The molecule has 1 aliphatic rings. The van der Waals surface area contributed by atoms with E-state index in [1.165, 1.54) is 0 Å². The van der Waals surface area contributed by atoms with Gasteiger partial charge in [-0.25, -0.2) is 0 Å². The SMILES string of the molecule is CN1C(O)(O)N(C)C(O)(O)N(C)C1(O)O. The van der Waals surface area contributed by atoms with Gasteiger partial charge in [0.25, 0.3) is 0 Å². The summed E-state index contributed by atoms with van der Waals surface area (Å²) in [6.07, 6.45) is 0. The van der Waals surface area contributed by atoms with Crippen LogP contribution in [0.25, 0.3) is 0 Å². The average Bonchev–Trinajstić information content (AvgIpc) is 2.12. The minimum atomic E-state index is -2.93. The molecule has 0 unspecified atom stereocenters. The van der Waals surface area contributed by atoms with E-state index >= 15 is 0 Å². The van der Waals surface area contributed by atoms with Crippen LogP contribution in [0, 0.1) is 0 Å². The van der Waals surface area contributed by atoms with Crippen LogP contribution in [0.4, 0.5) is 0 Å². The third-order valence-corrected chi connectivity index (χ3v) is 2.70. The van der Waals surface area contributed by atoms with Crippen molar-refractivity contribution < 1.29 is 30.6 Å². The smallest absolute Gasteiger partial charge is 0.302 e. The summed E-state index contributed by atoms with van der Waals surface area (Å²) < 4.78 is 0.